The molecule has 1 heterocycles. The van der Waals surface area contributed by atoms with E-state index in [0.29, 0.717) is 0 Å². The molecule has 0 aromatic heterocycles. The van der Waals surface area contributed by atoms with Crippen LogP contribution in [0.3, 0.4) is 0 Å². The summed E-state index contributed by atoms with van der Waals surface area (Å²) in [4.78, 5) is 14.0. The number of rotatable bonds is 2. The fourth-order valence-electron chi connectivity index (χ4n) is 2.50. The molecule has 1 aliphatic rings. The lowest BCUT2D eigenvalue weighted by Gasteiger charge is -2.53. The second-order valence-electron chi connectivity index (χ2n) is 5.50. The number of amides is 1. The summed E-state index contributed by atoms with van der Waals surface area (Å²) in [6, 6.07) is 10.3. The van der Waals surface area contributed by atoms with E-state index in [1.54, 1.807) is 6.08 Å². The van der Waals surface area contributed by atoms with Crippen LogP contribution in [0.15, 0.2) is 43.0 Å². The number of hydrogen-bond donors (Lipinski definition) is 0. The van der Waals surface area contributed by atoms with Gasteiger partial charge in [-0.15, -0.1) is 6.58 Å². The highest BCUT2D eigenvalue weighted by Gasteiger charge is 2.50. The second-order valence-corrected chi connectivity index (χ2v) is 5.50. The number of carbonyl (C=O) groups is 1. The predicted molar refractivity (Wildman–Crippen MR) is 69.5 cm³/mol. The maximum atomic E-state index is 12.1. The SMILES string of the molecule is C=C[C@@H]1C(=O)N(C(C)(C)C)[C@@H]1c1ccccc1. The Bertz CT molecular complexity index is 430. The number of β-lactam (4-membered cyclic amide) rings is 1. The van der Waals surface area contributed by atoms with Gasteiger partial charge in [0.15, 0.2) is 0 Å². The number of benzene rings is 1. The molecule has 1 aliphatic heterocycles. The molecule has 1 amide bonds. The third-order valence-corrected chi connectivity index (χ3v) is 3.26. The minimum Gasteiger partial charge on any atom is -0.329 e. The molecule has 17 heavy (non-hydrogen) atoms. The van der Waals surface area contributed by atoms with Crippen LogP contribution in [0.2, 0.25) is 0 Å². The molecule has 90 valence electrons. The van der Waals surface area contributed by atoms with E-state index < -0.39 is 0 Å². The summed E-state index contributed by atoms with van der Waals surface area (Å²) in [5.41, 5.74) is 1.05. The van der Waals surface area contributed by atoms with Crippen molar-refractivity contribution in [1.29, 1.82) is 0 Å². The standard InChI is InChI=1S/C15H19NO/c1-5-12-13(11-9-7-6-8-10-11)16(14(12)17)15(2,3)4/h5-10,12-13H,1H2,2-4H3/t12-,13+/m0/s1. The summed E-state index contributed by atoms with van der Waals surface area (Å²) in [6.07, 6.45) is 1.77. The Morgan fingerprint density at radius 3 is 2.29 bits per heavy atom. The second kappa shape index (κ2) is 4.02. The Hall–Kier alpha value is -1.57. The highest BCUT2D eigenvalue weighted by atomic mass is 16.2. The van der Waals surface area contributed by atoms with Crippen LogP contribution in [0.5, 0.6) is 0 Å². The van der Waals surface area contributed by atoms with E-state index in [2.05, 4.69) is 39.5 Å². The molecule has 1 aromatic carbocycles. The first-order valence-corrected chi connectivity index (χ1v) is 5.97. The first-order valence-electron chi connectivity index (χ1n) is 5.97. The quantitative estimate of drug-likeness (QED) is 0.563. The smallest absolute Gasteiger partial charge is 0.232 e. The monoisotopic (exact) mass is 229 g/mol. The molecular weight excluding hydrogens is 210 g/mol. The Kier molecular flexibility index (Phi) is 2.82. The van der Waals surface area contributed by atoms with Gasteiger partial charge >= 0.3 is 0 Å². The lowest BCUT2D eigenvalue weighted by atomic mass is 9.79. The molecule has 0 bridgehead atoms. The van der Waals surface area contributed by atoms with Crippen LogP contribution in [-0.4, -0.2) is 16.3 Å². The lowest BCUT2D eigenvalue weighted by molar-refractivity contribution is -0.162. The van der Waals surface area contributed by atoms with Crippen molar-refractivity contribution in [1.82, 2.24) is 4.90 Å². The van der Waals surface area contributed by atoms with Crippen LogP contribution in [0.1, 0.15) is 32.4 Å². The molecule has 2 rings (SSSR count). The predicted octanol–water partition coefficient (Wildman–Crippen LogP) is 3.17. The molecule has 0 unspecified atom stereocenters. The van der Waals surface area contributed by atoms with Crippen molar-refractivity contribution < 1.29 is 4.79 Å². The fourth-order valence-corrected chi connectivity index (χ4v) is 2.50. The molecule has 1 fully saturated rings. The average molecular weight is 229 g/mol. The van der Waals surface area contributed by atoms with Crippen molar-refractivity contribution in [2.45, 2.75) is 32.4 Å². The van der Waals surface area contributed by atoms with Crippen LogP contribution in [0.25, 0.3) is 0 Å². The van der Waals surface area contributed by atoms with Crippen molar-refractivity contribution in [3.63, 3.8) is 0 Å². The summed E-state index contributed by atoms with van der Waals surface area (Å²) >= 11 is 0. The van der Waals surface area contributed by atoms with Gasteiger partial charge in [0.1, 0.15) is 0 Å². The van der Waals surface area contributed by atoms with Gasteiger partial charge in [-0.05, 0) is 26.3 Å². The van der Waals surface area contributed by atoms with Gasteiger partial charge < -0.3 is 4.90 Å². The minimum absolute atomic E-state index is 0.0726. The first-order chi connectivity index (χ1) is 7.96. The molecule has 0 radical (unpaired) electrons. The number of likely N-dealkylation sites (tertiary alicyclic amines) is 1. The minimum atomic E-state index is -0.142. The van der Waals surface area contributed by atoms with Gasteiger partial charge in [-0.1, -0.05) is 36.4 Å². The van der Waals surface area contributed by atoms with Gasteiger partial charge in [-0.2, -0.15) is 0 Å². The summed E-state index contributed by atoms with van der Waals surface area (Å²) in [5, 5.41) is 0. The van der Waals surface area contributed by atoms with Crippen molar-refractivity contribution in [2.24, 2.45) is 5.92 Å². The van der Waals surface area contributed by atoms with Crippen molar-refractivity contribution in [3.8, 4) is 0 Å². The number of carbonyl (C=O) groups excluding carboxylic acids is 1. The Morgan fingerprint density at radius 1 is 1.24 bits per heavy atom. The molecule has 0 N–H and O–H groups in total. The van der Waals surface area contributed by atoms with E-state index >= 15 is 0 Å². The average Bonchev–Trinajstić information content (AvgIpc) is 2.25. The summed E-state index contributed by atoms with van der Waals surface area (Å²) in [5.74, 6) is 0.109. The zero-order valence-corrected chi connectivity index (χ0v) is 10.7. The molecule has 1 aromatic rings. The lowest BCUT2D eigenvalue weighted by Crippen LogP contribution is -2.61. The molecule has 2 heteroatoms. The first kappa shape index (κ1) is 11.9. The zero-order chi connectivity index (χ0) is 12.6. The van der Waals surface area contributed by atoms with Crippen LogP contribution in [0, 0.1) is 5.92 Å². The molecule has 2 atom stereocenters. The van der Waals surface area contributed by atoms with E-state index in [-0.39, 0.29) is 23.4 Å². The van der Waals surface area contributed by atoms with Gasteiger partial charge in [-0.3, -0.25) is 4.79 Å². The van der Waals surface area contributed by atoms with E-state index in [1.165, 1.54) is 5.56 Å². The van der Waals surface area contributed by atoms with Gasteiger partial charge in [0.05, 0.1) is 12.0 Å². The molecule has 0 spiro atoms. The van der Waals surface area contributed by atoms with Gasteiger partial charge in [0, 0.05) is 5.54 Å². The summed E-state index contributed by atoms with van der Waals surface area (Å²) < 4.78 is 0. The van der Waals surface area contributed by atoms with Gasteiger partial charge in [0.25, 0.3) is 0 Å². The molecule has 2 nitrogen and oxygen atoms in total. The maximum Gasteiger partial charge on any atom is 0.232 e. The zero-order valence-electron chi connectivity index (χ0n) is 10.7. The molecular formula is C15H19NO. The third-order valence-electron chi connectivity index (χ3n) is 3.26. The number of nitrogens with zero attached hydrogens (tertiary/aromatic N) is 1. The Labute approximate surface area is 103 Å². The highest BCUT2D eigenvalue weighted by molar-refractivity contribution is 5.89. The summed E-state index contributed by atoms with van der Waals surface area (Å²) in [7, 11) is 0. The topological polar surface area (TPSA) is 20.3 Å². The fraction of sp³-hybridized carbons (Fsp3) is 0.400. The van der Waals surface area contributed by atoms with Crippen LogP contribution in [-0.2, 0) is 4.79 Å². The van der Waals surface area contributed by atoms with Crippen LogP contribution in [0.4, 0.5) is 0 Å². The normalized spacial score (nSPS) is 24.4. The molecule has 0 saturated carbocycles. The highest BCUT2D eigenvalue weighted by Crippen LogP contribution is 2.44. The van der Waals surface area contributed by atoms with Gasteiger partial charge in [-0.25, -0.2) is 0 Å². The maximum absolute atomic E-state index is 12.1. The van der Waals surface area contributed by atoms with E-state index in [0.717, 1.165) is 0 Å². The van der Waals surface area contributed by atoms with E-state index in [1.807, 2.05) is 23.1 Å². The molecule has 1 saturated heterocycles. The Morgan fingerprint density at radius 2 is 1.82 bits per heavy atom. The van der Waals surface area contributed by atoms with Crippen molar-refractivity contribution in [3.05, 3.63) is 48.6 Å². The van der Waals surface area contributed by atoms with Crippen molar-refractivity contribution in [2.75, 3.05) is 0 Å². The van der Waals surface area contributed by atoms with E-state index in [9.17, 15) is 4.79 Å². The third kappa shape index (κ3) is 1.88. The van der Waals surface area contributed by atoms with Gasteiger partial charge in [0.2, 0.25) is 5.91 Å². The van der Waals surface area contributed by atoms with E-state index in [4.69, 9.17) is 0 Å². The molecule has 0 aliphatic carbocycles. The largest absolute Gasteiger partial charge is 0.329 e. The van der Waals surface area contributed by atoms with Crippen molar-refractivity contribution >= 4 is 5.91 Å². The number of hydrogen-bond acceptors (Lipinski definition) is 1. The summed E-state index contributed by atoms with van der Waals surface area (Å²) in [6.45, 7) is 9.99. The van der Waals surface area contributed by atoms with Crippen LogP contribution >= 0.6 is 0 Å². The van der Waals surface area contributed by atoms with Crippen LogP contribution < -0.4 is 0 Å². The Balaban J connectivity index is 2.36.